The molecule has 0 atom stereocenters. The summed E-state index contributed by atoms with van der Waals surface area (Å²) in [5.74, 6) is 0. The van der Waals surface area contributed by atoms with Crippen LogP contribution >= 0.6 is 0 Å². The van der Waals surface area contributed by atoms with Gasteiger partial charge in [0.25, 0.3) is 0 Å². The molecule has 4 heterocycles. The van der Waals surface area contributed by atoms with Crippen molar-refractivity contribution in [1.29, 1.82) is 5.26 Å². The molecule has 0 spiro atoms. The Morgan fingerprint density at radius 2 is 1.03 bits per heavy atom. The second kappa shape index (κ2) is 13.1. The third kappa shape index (κ3) is 4.92. The molecule has 0 N–H and O–H groups in total. The van der Waals surface area contributed by atoms with E-state index < -0.39 is 0 Å². The minimum atomic E-state index is 0.540. The van der Waals surface area contributed by atoms with Crippen LogP contribution in [0.25, 0.3) is 126 Å². The summed E-state index contributed by atoms with van der Waals surface area (Å²) < 4.78 is 18.1. The van der Waals surface area contributed by atoms with E-state index in [1.165, 1.54) is 0 Å². The average molecular weight is 805 g/mol. The van der Waals surface area contributed by atoms with Gasteiger partial charge in [-0.05, 0) is 108 Å². The van der Waals surface area contributed by atoms with E-state index in [-0.39, 0.29) is 0 Å². The molecule has 292 valence electrons. The topological polar surface area (TPSA) is 64.3 Å². The van der Waals surface area contributed by atoms with Gasteiger partial charge in [-0.3, -0.25) is 0 Å². The van der Waals surface area contributed by atoms with Gasteiger partial charge in [0.2, 0.25) is 0 Å². The van der Waals surface area contributed by atoms with Crippen LogP contribution < -0.4 is 0 Å². The standard InChI is InChI=1S/C57H32N4O2/c1-33-29-34(32-58)19-22-37(33)35-20-23-38(51(30-35)61-47-16-8-4-14-44(47)55-50(61)28-25-42-40-12-6-10-18-53(40)63-57(42)55)45-31-36(59-2)21-26-48(45)60-46-15-7-3-13-43(46)54-49(60)27-24-41-39-11-5-9-17-52(39)62-56(41)54/h3-31H,1H3. The number of benzene rings is 9. The van der Waals surface area contributed by atoms with Gasteiger partial charge in [-0.2, -0.15) is 5.26 Å². The summed E-state index contributed by atoms with van der Waals surface area (Å²) in [5.41, 5.74) is 15.5. The van der Waals surface area contributed by atoms with Crippen molar-refractivity contribution in [3.05, 3.63) is 198 Å². The normalized spacial score (nSPS) is 11.9. The van der Waals surface area contributed by atoms with E-state index in [1.54, 1.807) is 0 Å². The molecule has 4 aromatic heterocycles. The molecule has 0 aliphatic heterocycles. The first-order chi connectivity index (χ1) is 31.1. The zero-order valence-electron chi connectivity index (χ0n) is 33.8. The number of aromatic nitrogens is 2. The number of nitrogens with zero attached hydrogens (tertiary/aromatic N) is 4. The average Bonchev–Trinajstić information content (AvgIpc) is 4.09. The molecule has 0 unspecified atom stereocenters. The Balaban J connectivity index is 1.16. The Morgan fingerprint density at radius 3 is 1.62 bits per heavy atom. The largest absolute Gasteiger partial charge is 0.455 e. The maximum Gasteiger partial charge on any atom is 0.188 e. The number of hydrogen-bond donors (Lipinski definition) is 0. The first-order valence-electron chi connectivity index (χ1n) is 20.9. The van der Waals surface area contributed by atoms with Crippen molar-refractivity contribution in [3.8, 4) is 39.7 Å². The highest BCUT2D eigenvalue weighted by Gasteiger charge is 2.25. The van der Waals surface area contributed by atoms with E-state index in [0.717, 1.165) is 127 Å². The molecule has 13 aromatic rings. The number of nitriles is 1. The predicted molar refractivity (Wildman–Crippen MR) is 256 cm³/mol. The van der Waals surface area contributed by atoms with Crippen LogP contribution in [-0.4, -0.2) is 9.13 Å². The first-order valence-corrected chi connectivity index (χ1v) is 20.9. The van der Waals surface area contributed by atoms with Crippen molar-refractivity contribution >= 4 is 93.2 Å². The number of para-hydroxylation sites is 4. The highest BCUT2D eigenvalue weighted by atomic mass is 16.3. The third-order valence-corrected chi connectivity index (χ3v) is 12.9. The second-order valence-electron chi connectivity index (χ2n) is 16.3. The molecule has 0 saturated carbocycles. The van der Waals surface area contributed by atoms with Gasteiger partial charge < -0.3 is 18.0 Å². The Labute approximate surface area is 360 Å². The van der Waals surface area contributed by atoms with Crippen LogP contribution in [-0.2, 0) is 0 Å². The van der Waals surface area contributed by atoms with Crippen molar-refractivity contribution in [2.75, 3.05) is 0 Å². The molecule has 0 radical (unpaired) electrons. The van der Waals surface area contributed by atoms with Gasteiger partial charge in [-0.15, -0.1) is 0 Å². The molecular formula is C57H32N4O2. The SMILES string of the molecule is [C-]#[N+]c1ccc(-n2c3ccccc3c3c4oc5ccccc5c4ccc32)c(-c2ccc(-c3ccc(C#N)cc3C)cc2-n2c3ccccc3c3c4oc5ccccc5c4ccc32)c1. The van der Waals surface area contributed by atoms with Crippen molar-refractivity contribution in [1.82, 2.24) is 9.13 Å². The van der Waals surface area contributed by atoms with Gasteiger partial charge in [0.1, 0.15) is 22.3 Å². The number of fused-ring (bicyclic) bond motifs is 14. The van der Waals surface area contributed by atoms with Gasteiger partial charge in [-0.25, -0.2) is 4.85 Å². The lowest BCUT2D eigenvalue weighted by molar-refractivity contribution is 0.672. The number of aryl methyl sites for hydroxylation is 1. The zero-order chi connectivity index (χ0) is 41.9. The van der Waals surface area contributed by atoms with Gasteiger partial charge in [0.05, 0.1) is 62.4 Å². The first kappa shape index (κ1) is 35.0. The van der Waals surface area contributed by atoms with Crippen LogP contribution in [0.2, 0.25) is 0 Å². The Morgan fingerprint density at radius 1 is 0.476 bits per heavy atom. The monoisotopic (exact) mass is 804 g/mol. The molecule has 6 heteroatoms. The van der Waals surface area contributed by atoms with E-state index >= 15 is 0 Å². The lowest BCUT2D eigenvalue weighted by Crippen LogP contribution is -2.02. The molecule has 0 amide bonds. The van der Waals surface area contributed by atoms with Crippen molar-refractivity contribution in [2.24, 2.45) is 0 Å². The molecule has 0 aliphatic carbocycles. The minimum Gasteiger partial charge on any atom is -0.455 e. The van der Waals surface area contributed by atoms with Crippen LogP contribution in [0, 0.1) is 24.8 Å². The van der Waals surface area contributed by atoms with E-state index in [2.05, 4.69) is 148 Å². The quantitative estimate of drug-likeness (QED) is 0.166. The van der Waals surface area contributed by atoms with Crippen LogP contribution in [0.5, 0.6) is 0 Å². The van der Waals surface area contributed by atoms with E-state index in [4.69, 9.17) is 15.4 Å². The Bertz CT molecular complexity index is 4200. The molecule has 0 aliphatic rings. The molecule has 0 saturated heterocycles. The molecule has 0 bridgehead atoms. The van der Waals surface area contributed by atoms with Crippen LogP contribution in [0.15, 0.2) is 185 Å². The predicted octanol–water partition coefficient (Wildman–Crippen LogP) is 15.7. The summed E-state index contributed by atoms with van der Waals surface area (Å²) in [7, 11) is 0. The second-order valence-corrected chi connectivity index (χ2v) is 16.3. The minimum absolute atomic E-state index is 0.540. The highest BCUT2D eigenvalue weighted by Crippen LogP contribution is 2.47. The molecular weight excluding hydrogens is 773 g/mol. The number of hydrogen-bond acceptors (Lipinski definition) is 3. The Kier molecular flexibility index (Phi) is 7.26. The van der Waals surface area contributed by atoms with Crippen molar-refractivity contribution in [2.45, 2.75) is 6.92 Å². The summed E-state index contributed by atoms with van der Waals surface area (Å²) in [4.78, 5) is 3.99. The van der Waals surface area contributed by atoms with Crippen LogP contribution in [0.3, 0.4) is 0 Å². The van der Waals surface area contributed by atoms with Crippen molar-refractivity contribution in [3.63, 3.8) is 0 Å². The van der Waals surface area contributed by atoms with E-state index in [9.17, 15) is 5.26 Å². The van der Waals surface area contributed by atoms with Crippen LogP contribution in [0.1, 0.15) is 11.1 Å². The summed E-state index contributed by atoms with van der Waals surface area (Å²) >= 11 is 0. The fourth-order valence-corrected chi connectivity index (χ4v) is 10.2. The van der Waals surface area contributed by atoms with Crippen LogP contribution in [0.4, 0.5) is 5.69 Å². The fraction of sp³-hybridized carbons (Fsp3) is 0.0175. The summed E-state index contributed by atoms with van der Waals surface area (Å²) in [5, 5.41) is 18.3. The lowest BCUT2D eigenvalue weighted by Gasteiger charge is -2.20. The molecule has 0 fully saturated rings. The van der Waals surface area contributed by atoms with Crippen molar-refractivity contribution < 1.29 is 8.83 Å². The Hall–Kier alpha value is -8.84. The van der Waals surface area contributed by atoms with Gasteiger partial charge in [0, 0.05) is 37.9 Å². The van der Waals surface area contributed by atoms with Gasteiger partial charge in [-0.1, -0.05) is 97.1 Å². The molecule has 6 nitrogen and oxygen atoms in total. The summed E-state index contributed by atoms with van der Waals surface area (Å²) in [6.45, 7) is 10.3. The fourth-order valence-electron chi connectivity index (χ4n) is 10.2. The van der Waals surface area contributed by atoms with Gasteiger partial charge in [0.15, 0.2) is 5.69 Å². The number of rotatable bonds is 4. The lowest BCUT2D eigenvalue weighted by atomic mass is 9.93. The number of furan rings is 2. The third-order valence-electron chi connectivity index (χ3n) is 12.9. The highest BCUT2D eigenvalue weighted by molar-refractivity contribution is 6.25. The molecule has 63 heavy (non-hydrogen) atoms. The van der Waals surface area contributed by atoms with E-state index in [1.807, 2.05) is 54.6 Å². The summed E-state index contributed by atoms with van der Waals surface area (Å²) in [6, 6.07) is 63.0. The summed E-state index contributed by atoms with van der Waals surface area (Å²) in [6.07, 6.45) is 0. The smallest absolute Gasteiger partial charge is 0.188 e. The molecule has 9 aromatic carbocycles. The molecule has 13 rings (SSSR count). The van der Waals surface area contributed by atoms with Gasteiger partial charge >= 0.3 is 0 Å². The maximum atomic E-state index is 9.75. The zero-order valence-corrected chi connectivity index (χ0v) is 33.8. The van der Waals surface area contributed by atoms with E-state index in [0.29, 0.717) is 11.3 Å². The maximum absolute atomic E-state index is 9.75.